The molecule has 0 unspecified atom stereocenters. The number of amides is 2. The summed E-state index contributed by atoms with van der Waals surface area (Å²) < 4.78 is 11.3. The maximum atomic E-state index is 12.5. The van der Waals surface area contributed by atoms with Crippen molar-refractivity contribution in [3.05, 3.63) is 70.7 Å². The van der Waals surface area contributed by atoms with Gasteiger partial charge in [0, 0.05) is 11.6 Å². The van der Waals surface area contributed by atoms with E-state index in [4.69, 9.17) is 33.0 Å². The number of hydrogen-bond acceptors (Lipinski definition) is 5. The van der Waals surface area contributed by atoms with E-state index in [-0.39, 0.29) is 23.8 Å². The maximum absolute atomic E-state index is 12.5. The van der Waals surface area contributed by atoms with E-state index in [1.54, 1.807) is 24.3 Å². The van der Waals surface area contributed by atoms with Crippen LogP contribution in [-0.4, -0.2) is 28.4 Å². The normalized spacial score (nSPS) is 15.7. The van der Waals surface area contributed by atoms with Crippen molar-refractivity contribution < 1.29 is 18.7 Å². The van der Waals surface area contributed by atoms with Crippen LogP contribution < -0.4 is 10.1 Å². The Kier molecular flexibility index (Phi) is 5.96. The molecule has 0 radical (unpaired) electrons. The zero-order valence-electron chi connectivity index (χ0n) is 15.0. The first-order chi connectivity index (χ1) is 13.4. The lowest BCUT2D eigenvalue weighted by atomic mass is 10.1. The van der Waals surface area contributed by atoms with Crippen LogP contribution >= 0.6 is 23.8 Å². The van der Waals surface area contributed by atoms with Gasteiger partial charge in [0.1, 0.15) is 29.4 Å². The number of furan rings is 1. The van der Waals surface area contributed by atoms with Crippen molar-refractivity contribution in [2.45, 2.75) is 13.5 Å². The molecule has 1 aromatic heterocycles. The molecule has 1 aromatic carbocycles. The van der Waals surface area contributed by atoms with Gasteiger partial charge in [0.05, 0.1) is 0 Å². The molecule has 3 rings (SSSR count). The van der Waals surface area contributed by atoms with E-state index >= 15 is 0 Å². The van der Waals surface area contributed by atoms with Gasteiger partial charge >= 0.3 is 0 Å². The number of hydrogen-bond donors (Lipinski definition) is 1. The number of thiocarbonyl (C=S) groups is 1. The second-order valence-electron chi connectivity index (χ2n) is 6.03. The number of benzene rings is 1. The average Bonchev–Trinajstić information content (AvgIpc) is 3.11. The van der Waals surface area contributed by atoms with Crippen LogP contribution in [-0.2, 0) is 16.2 Å². The summed E-state index contributed by atoms with van der Waals surface area (Å²) in [5.74, 6) is 0.492. The Labute approximate surface area is 172 Å². The van der Waals surface area contributed by atoms with E-state index in [2.05, 4.69) is 11.9 Å². The van der Waals surface area contributed by atoms with E-state index in [9.17, 15) is 9.59 Å². The monoisotopic (exact) mass is 416 g/mol. The predicted octanol–water partition coefficient (Wildman–Crippen LogP) is 3.63. The Bertz CT molecular complexity index is 996. The Balaban J connectivity index is 1.72. The second kappa shape index (κ2) is 8.41. The van der Waals surface area contributed by atoms with Gasteiger partial charge in [-0.15, -0.1) is 6.58 Å². The summed E-state index contributed by atoms with van der Waals surface area (Å²) in [5, 5.41) is 3.20. The summed E-state index contributed by atoms with van der Waals surface area (Å²) in [7, 11) is 0. The van der Waals surface area contributed by atoms with Gasteiger partial charge in [-0.2, -0.15) is 0 Å². The van der Waals surface area contributed by atoms with Gasteiger partial charge in [0.2, 0.25) is 0 Å². The number of halogens is 1. The van der Waals surface area contributed by atoms with Crippen LogP contribution in [0.4, 0.5) is 0 Å². The van der Waals surface area contributed by atoms with Crippen LogP contribution in [0.3, 0.4) is 0 Å². The smallest absolute Gasteiger partial charge is 0.266 e. The van der Waals surface area contributed by atoms with Gasteiger partial charge in [-0.3, -0.25) is 19.8 Å². The molecule has 1 aliphatic heterocycles. The SMILES string of the molecule is C=CCN1C(=O)/C(=C/c2ccc(COc3ccc(Cl)c(C)c3)o2)C(=O)NC1=S. The molecule has 1 saturated heterocycles. The molecule has 0 atom stereocenters. The van der Waals surface area contributed by atoms with E-state index < -0.39 is 11.8 Å². The number of nitrogens with one attached hydrogen (secondary N) is 1. The standard InChI is InChI=1S/C20H17ClN2O4S/c1-3-8-23-19(25)16(18(24)22-20(23)28)10-14-4-5-15(27-14)11-26-13-6-7-17(21)12(2)9-13/h3-7,9-10H,1,8,11H2,2H3,(H,22,24,28)/b16-10+. The van der Waals surface area contributed by atoms with E-state index in [0.717, 1.165) is 5.56 Å². The molecule has 0 saturated carbocycles. The highest BCUT2D eigenvalue weighted by atomic mass is 35.5. The van der Waals surface area contributed by atoms with Gasteiger partial charge in [-0.1, -0.05) is 17.7 Å². The highest BCUT2D eigenvalue weighted by Gasteiger charge is 2.32. The summed E-state index contributed by atoms with van der Waals surface area (Å²) in [6.45, 7) is 5.87. The van der Waals surface area contributed by atoms with E-state index in [1.807, 2.05) is 13.0 Å². The number of carbonyl (C=O) groups excluding carboxylic acids is 2. The molecule has 0 aliphatic carbocycles. The molecule has 28 heavy (non-hydrogen) atoms. The number of aryl methyl sites for hydroxylation is 1. The Morgan fingerprint density at radius 1 is 1.32 bits per heavy atom. The number of ether oxygens (including phenoxy) is 1. The topological polar surface area (TPSA) is 71.8 Å². The Hall–Kier alpha value is -2.90. The fourth-order valence-corrected chi connectivity index (χ4v) is 2.91. The number of rotatable bonds is 6. The summed E-state index contributed by atoms with van der Waals surface area (Å²) in [4.78, 5) is 25.9. The van der Waals surface area contributed by atoms with E-state index in [1.165, 1.54) is 17.1 Å². The van der Waals surface area contributed by atoms with Gasteiger partial charge in [0.25, 0.3) is 11.8 Å². The Morgan fingerprint density at radius 3 is 2.82 bits per heavy atom. The Morgan fingerprint density at radius 2 is 2.11 bits per heavy atom. The first-order valence-corrected chi connectivity index (χ1v) is 9.15. The minimum atomic E-state index is -0.568. The lowest BCUT2D eigenvalue weighted by Crippen LogP contribution is -2.53. The van der Waals surface area contributed by atoms with Crippen LogP contribution in [0, 0.1) is 6.92 Å². The number of nitrogens with zero attached hydrogens (tertiary/aromatic N) is 1. The fraction of sp³-hybridized carbons (Fsp3) is 0.150. The van der Waals surface area contributed by atoms with Crippen LogP contribution in [0.5, 0.6) is 5.75 Å². The van der Waals surface area contributed by atoms with Crippen molar-refractivity contribution in [3.63, 3.8) is 0 Å². The third kappa shape index (κ3) is 4.32. The molecule has 144 valence electrons. The third-order valence-electron chi connectivity index (χ3n) is 3.98. The summed E-state index contributed by atoms with van der Waals surface area (Å²) >= 11 is 11.0. The molecular weight excluding hydrogens is 400 g/mol. The van der Waals surface area contributed by atoms with Crippen LogP contribution in [0.25, 0.3) is 6.08 Å². The molecule has 0 spiro atoms. The van der Waals surface area contributed by atoms with Crippen molar-refractivity contribution in [2.75, 3.05) is 6.54 Å². The fourth-order valence-electron chi connectivity index (χ4n) is 2.54. The largest absolute Gasteiger partial charge is 0.486 e. The van der Waals surface area contributed by atoms with Crippen LogP contribution in [0.1, 0.15) is 17.1 Å². The maximum Gasteiger partial charge on any atom is 0.266 e. The molecule has 1 fully saturated rings. The lowest BCUT2D eigenvalue weighted by Gasteiger charge is -2.27. The van der Waals surface area contributed by atoms with Crippen molar-refractivity contribution >= 4 is 46.8 Å². The molecule has 2 heterocycles. The minimum Gasteiger partial charge on any atom is -0.486 e. The summed E-state index contributed by atoms with van der Waals surface area (Å²) in [6, 6.07) is 8.73. The van der Waals surface area contributed by atoms with Crippen molar-refractivity contribution in [1.82, 2.24) is 10.2 Å². The molecule has 6 nitrogen and oxygen atoms in total. The zero-order chi connectivity index (χ0) is 20.3. The summed E-state index contributed by atoms with van der Waals surface area (Å²) in [6.07, 6.45) is 2.91. The third-order valence-corrected chi connectivity index (χ3v) is 4.72. The molecule has 2 aromatic rings. The van der Waals surface area contributed by atoms with Crippen molar-refractivity contribution in [3.8, 4) is 5.75 Å². The second-order valence-corrected chi connectivity index (χ2v) is 6.82. The van der Waals surface area contributed by atoms with Crippen LogP contribution in [0.2, 0.25) is 5.02 Å². The van der Waals surface area contributed by atoms with Gasteiger partial charge in [-0.25, -0.2) is 0 Å². The number of carbonyl (C=O) groups is 2. The highest BCUT2D eigenvalue weighted by molar-refractivity contribution is 7.80. The lowest BCUT2D eigenvalue weighted by molar-refractivity contribution is -0.128. The first-order valence-electron chi connectivity index (χ1n) is 8.36. The zero-order valence-corrected chi connectivity index (χ0v) is 16.6. The van der Waals surface area contributed by atoms with Gasteiger partial charge in [0.15, 0.2) is 5.11 Å². The van der Waals surface area contributed by atoms with Crippen molar-refractivity contribution in [1.29, 1.82) is 0 Å². The first kappa shape index (κ1) is 19.9. The molecule has 1 aliphatic rings. The van der Waals surface area contributed by atoms with Crippen molar-refractivity contribution in [2.24, 2.45) is 0 Å². The quantitative estimate of drug-likeness (QED) is 0.337. The summed E-state index contributed by atoms with van der Waals surface area (Å²) in [5.41, 5.74) is 0.846. The van der Waals surface area contributed by atoms with Gasteiger partial charge < -0.3 is 9.15 Å². The molecule has 1 N–H and O–H groups in total. The molecule has 8 heteroatoms. The molecular formula is C20H17ClN2O4S. The molecule has 0 bridgehead atoms. The van der Waals surface area contributed by atoms with E-state index in [0.29, 0.717) is 22.3 Å². The predicted molar refractivity (Wildman–Crippen MR) is 110 cm³/mol. The molecule has 2 amide bonds. The minimum absolute atomic E-state index is 0.0545. The van der Waals surface area contributed by atoms with Gasteiger partial charge in [-0.05, 0) is 61.1 Å². The average molecular weight is 417 g/mol. The highest BCUT2D eigenvalue weighted by Crippen LogP contribution is 2.23. The van der Waals surface area contributed by atoms with Crippen LogP contribution in [0.15, 0.2) is 53.0 Å².